The third-order valence-corrected chi connectivity index (χ3v) is 3.36. The van der Waals surface area contributed by atoms with Gasteiger partial charge in [-0.05, 0) is 32.4 Å². The van der Waals surface area contributed by atoms with Crippen molar-refractivity contribution in [2.75, 3.05) is 13.7 Å². The number of methoxy groups -OCH3 is 1. The number of esters is 1. The number of hydrogen-bond acceptors (Lipinski definition) is 3. The van der Waals surface area contributed by atoms with Gasteiger partial charge in [-0.1, -0.05) is 35.9 Å². The fraction of sp³-hybridized carbons (Fsp3) is 0.278. The van der Waals surface area contributed by atoms with Crippen molar-refractivity contribution in [3.05, 3.63) is 53.1 Å². The first-order chi connectivity index (χ1) is 10.1. The highest BCUT2D eigenvalue weighted by molar-refractivity contribution is 5.99. The molecule has 0 saturated carbocycles. The first kappa shape index (κ1) is 15.1. The van der Waals surface area contributed by atoms with Crippen LogP contribution in [0, 0.1) is 13.8 Å². The Labute approximate surface area is 125 Å². The van der Waals surface area contributed by atoms with Gasteiger partial charge in [0.1, 0.15) is 5.75 Å². The minimum atomic E-state index is -0.295. The predicted molar refractivity (Wildman–Crippen MR) is 83.9 cm³/mol. The highest BCUT2D eigenvalue weighted by atomic mass is 16.5. The van der Waals surface area contributed by atoms with E-state index in [9.17, 15) is 4.79 Å². The van der Waals surface area contributed by atoms with Crippen molar-refractivity contribution < 1.29 is 14.3 Å². The molecule has 2 rings (SSSR count). The maximum atomic E-state index is 12.3. The standard InChI is InChI=1S/C18H20O3/c1-5-21-18(19)17-13(3)10-12(2)11-15(17)14-8-6-7-9-16(14)20-4/h6-11H,5H2,1-4H3. The molecule has 0 atom stereocenters. The van der Waals surface area contributed by atoms with Gasteiger partial charge < -0.3 is 9.47 Å². The fourth-order valence-corrected chi connectivity index (χ4v) is 2.52. The largest absolute Gasteiger partial charge is 0.496 e. The Balaban J connectivity index is 2.69. The lowest BCUT2D eigenvalue weighted by atomic mass is 9.93. The monoisotopic (exact) mass is 284 g/mol. The van der Waals surface area contributed by atoms with Crippen molar-refractivity contribution in [2.24, 2.45) is 0 Å². The molecule has 0 aliphatic rings. The van der Waals surface area contributed by atoms with Gasteiger partial charge in [-0.2, -0.15) is 0 Å². The summed E-state index contributed by atoms with van der Waals surface area (Å²) in [6.45, 7) is 6.11. The highest BCUT2D eigenvalue weighted by Gasteiger charge is 2.19. The summed E-state index contributed by atoms with van der Waals surface area (Å²) in [6.07, 6.45) is 0. The number of carbonyl (C=O) groups excluding carboxylic acids is 1. The lowest BCUT2D eigenvalue weighted by Gasteiger charge is -2.15. The fourth-order valence-electron chi connectivity index (χ4n) is 2.52. The van der Waals surface area contributed by atoms with Crippen LogP contribution >= 0.6 is 0 Å². The van der Waals surface area contributed by atoms with Crippen LogP contribution in [-0.4, -0.2) is 19.7 Å². The third kappa shape index (κ3) is 3.07. The zero-order chi connectivity index (χ0) is 15.4. The summed E-state index contributed by atoms with van der Waals surface area (Å²) in [5.41, 5.74) is 4.36. The summed E-state index contributed by atoms with van der Waals surface area (Å²) < 4.78 is 10.6. The van der Waals surface area contributed by atoms with E-state index in [1.165, 1.54) is 0 Å². The first-order valence-corrected chi connectivity index (χ1v) is 7.00. The summed E-state index contributed by atoms with van der Waals surface area (Å²) in [6, 6.07) is 11.7. The molecule has 2 aromatic rings. The van der Waals surface area contributed by atoms with Gasteiger partial charge in [-0.15, -0.1) is 0 Å². The van der Waals surface area contributed by atoms with E-state index in [1.807, 2.05) is 57.2 Å². The highest BCUT2D eigenvalue weighted by Crippen LogP contribution is 2.34. The number of hydrogen-bond donors (Lipinski definition) is 0. The molecule has 0 bridgehead atoms. The Morgan fingerprint density at radius 3 is 2.48 bits per heavy atom. The molecule has 0 unspecified atom stereocenters. The molecule has 110 valence electrons. The van der Waals surface area contributed by atoms with E-state index < -0.39 is 0 Å². The zero-order valence-corrected chi connectivity index (χ0v) is 12.9. The van der Waals surface area contributed by atoms with E-state index in [0.29, 0.717) is 12.2 Å². The second-order valence-electron chi connectivity index (χ2n) is 4.93. The van der Waals surface area contributed by atoms with Crippen LogP contribution in [0.2, 0.25) is 0 Å². The lowest BCUT2D eigenvalue weighted by Crippen LogP contribution is -2.09. The molecule has 0 amide bonds. The molecule has 0 spiro atoms. The number of para-hydroxylation sites is 1. The quantitative estimate of drug-likeness (QED) is 0.791. The molecule has 0 saturated heterocycles. The Kier molecular flexibility index (Phi) is 4.63. The molecule has 0 aliphatic heterocycles. The van der Waals surface area contributed by atoms with Crippen LogP contribution in [0.4, 0.5) is 0 Å². The maximum absolute atomic E-state index is 12.3. The number of ether oxygens (including phenoxy) is 2. The van der Waals surface area contributed by atoms with Crippen LogP contribution in [-0.2, 0) is 4.74 Å². The Bertz CT molecular complexity index is 660. The van der Waals surface area contributed by atoms with Gasteiger partial charge >= 0.3 is 5.97 Å². The minimum absolute atomic E-state index is 0.295. The molecular weight excluding hydrogens is 264 g/mol. The zero-order valence-electron chi connectivity index (χ0n) is 12.9. The molecule has 0 N–H and O–H groups in total. The van der Waals surface area contributed by atoms with Gasteiger partial charge in [0.05, 0.1) is 19.3 Å². The van der Waals surface area contributed by atoms with Crippen LogP contribution < -0.4 is 4.74 Å². The molecule has 0 fully saturated rings. The molecule has 3 nitrogen and oxygen atoms in total. The van der Waals surface area contributed by atoms with Crippen molar-refractivity contribution in [1.29, 1.82) is 0 Å². The second-order valence-corrected chi connectivity index (χ2v) is 4.93. The molecule has 2 aromatic carbocycles. The average Bonchev–Trinajstić information content (AvgIpc) is 2.46. The summed E-state index contributed by atoms with van der Waals surface area (Å²) in [5.74, 6) is 0.448. The van der Waals surface area contributed by atoms with E-state index >= 15 is 0 Å². The Morgan fingerprint density at radius 1 is 1.10 bits per heavy atom. The van der Waals surface area contributed by atoms with Crippen molar-refractivity contribution in [3.63, 3.8) is 0 Å². The summed E-state index contributed by atoms with van der Waals surface area (Å²) in [5, 5.41) is 0. The number of rotatable bonds is 4. The van der Waals surface area contributed by atoms with E-state index in [-0.39, 0.29) is 5.97 Å². The molecule has 21 heavy (non-hydrogen) atoms. The Hall–Kier alpha value is -2.29. The van der Waals surface area contributed by atoms with Gasteiger partial charge in [-0.25, -0.2) is 4.79 Å². The second kappa shape index (κ2) is 6.44. The number of carbonyl (C=O) groups is 1. The molecule has 3 heteroatoms. The number of aryl methyl sites for hydroxylation is 2. The molecule has 0 heterocycles. The first-order valence-electron chi connectivity index (χ1n) is 7.00. The molecule has 0 aromatic heterocycles. The van der Waals surface area contributed by atoms with Gasteiger partial charge in [0, 0.05) is 11.1 Å². The predicted octanol–water partition coefficient (Wildman–Crippen LogP) is 4.16. The third-order valence-electron chi connectivity index (χ3n) is 3.36. The molecule has 0 radical (unpaired) electrons. The van der Waals surface area contributed by atoms with Crippen LogP contribution in [0.25, 0.3) is 11.1 Å². The van der Waals surface area contributed by atoms with Crippen molar-refractivity contribution in [2.45, 2.75) is 20.8 Å². The summed E-state index contributed by atoms with van der Waals surface area (Å²) in [4.78, 5) is 12.3. The average molecular weight is 284 g/mol. The summed E-state index contributed by atoms with van der Waals surface area (Å²) in [7, 11) is 1.63. The molecule has 0 aliphatic carbocycles. The van der Waals surface area contributed by atoms with E-state index in [4.69, 9.17) is 9.47 Å². The topological polar surface area (TPSA) is 35.5 Å². The number of benzene rings is 2. The normalized spacial score (nSPS) is 10.3. The lowest BCUT2D eigenvalue weighted by molar-refractivity contribution is 0.0526. The van der Waals surface area contributed by atoms with Gasteiger partial charge in [0.2, 0.25) is 0 Å². The SMILES string of the molecule is CCOC(=O)c1c(C)cc(C)cc1-c1ccccc1OC. The van der Waals surface area contributed by atoms with E-state index in [0.717, 1.165) is 28.0 Å². The van der Waals surface area contributed by atoms with Crippen molar-refractivity contribution >= 4 is 5.97 Å². The van der Waals surface area contributed by atoms with Crippen LogP contribution in [0.1, 0.15) is 28.4 Å². The van der Waals surface area contributed by atoms with Crippen LogP contribution in [0.5, 0.6) is 5.75 Å². The minimum Gasteiger partial charge on any atom is -0.496 e. The van der Waals surface area contributed by atoms with E-state index in [2.05, 4.69) is 0 Å². The van der Waals surface area contributed by atoms with Crippen molar-refractivity contribution in [3.8, 4) is 16.9 Å². The molecular formula is C18H20O3. The van der Waals surface area contributed by atoms with E-state index in [1.54, 1.807) is 7.11 Å². The maximum Gasteiger partial charge on any atom is 0.339 e. The summed E-state index contributed by atoms with van der Waals surface area (Å²) >= 11 is 0. The van der Waals surface area contributed by atoms with Crippen LogP contribution in [0.3, 0.4) is 0 Å². The Morgan fingerprint density at radius 2 is 1.81 bits per heavy atom. The van der Waals surface area contributed by atoms with Crippen LogP contribution in [0.15, 0.2) is 36.4 Å². The van der Waals surface area contributed by atoms with Gasteiger partial charge in [0.15, 0.2) is 0 Å². The van der Waals surface area contributed by atoms with Gasteiger partial charge in [-0.3, -0.25) is 0 Å². The smallest absolute Gasteiger partial charge is 0.339 e. The van der Waals surface area contributed by atoms with Crippen molar-refractivity contribution in [1.82, 2.24) is 0 Å². The van der Waals surface area contributed by atoms with Gasteiger partial charge in [0.25, 0.3) is 0 Å².